The summed E-state index contributed by atoms with van der Waals surface area (Å²) in [6.07, 6.45) is -0.504. The third-order valence-corrected chi connectivity index (χ3v) is 4.87. The lowest BCUT2D eigenvalue weighted by atomic mass is 10.1. The van der Waals surface area contributed by atoms with Gasteiger partial charge in [0.15, 0.2) is 9.84 Å². The third kappa shape index (κ3) is 5.03. The van der Waals surface area contributed by atoms with Crippen LogP contribution in [0.1, 0.15) is 41.0 Å². The minimum Gasteiger partial charge on any atom is -0.481 e. The standard InChI is InChI=1S/C11H21NO5S/c1-7(6-9(13)14)18(16,17)8(2)10(15)12-11(3,4)5/h7-8H,6H2,1-5H3,(H,12,15)(H,13,14). The molecule has 0 radical (unpaired) electrons. The number of aliphatic carboxylic acids is 1. The molecule has 0 bridgehead atoms. The molecule has 106 valence electrons. The Bertz CT molecular complexity index is 421. The smallest absolute Gasteiger partial charge is 0.304 e. The molecule has 0 aliphatic heterocycles. The van der Waals surface area contributed by atoms with Crippen molar-refractivity contribution in [1.29, 1.82) is 0 Å². The van der Waals surface area contributed by atoms with Crippen LogP contribution < -0.4 is 5.32 Å². The molecule has 18 heavy (non-hydrogen) atoms. The predicted octanol–water partition coefficient (Wildman–Crippen LogP) is 0.568. The van der Waals surface area contributed by atoms with Crippen LogP contribution in [0.25, 0.3) is 0 Å². The van der Waals surface area contributed by atoms with Crippen LogP contribution in [0.4, 0.5) is 0 Å². The molecule has 7 heteroatoms. The zero-order chi connectivity index (χ0) is 14.7. The van der Waals surface area contributed by atoms with Crippen LogP contribution in [0.15, 0.2) is 0 Å². The van der Waals surface area contributed by atoms with Gasteiger partial charge in [-0.1, -0.05) is 0 Å². The summed E-state index contributed by atoms with van der Waals surface area (Å²) in [6.45, 7) is 7.79. The van der Waals surface area contributed by atoms with Crippen molar-refractivity contribution in [3.8, 4) is 0 Å². The Labute approximate surface area is 108 Å². The number of sulfone groups is 1. The summed E-state index contributed by atoms with van der Waals surface area (Å²) in [7, 11) is -3.80. The maximum absolute atomic E-state index is 12.0. The first-order valence-corrected chi connectivity index (χ1v) is 7.25. The van der Waals surface area contributed by atoms with Crippen molar-refractivity contribution in [1.82, 2.24) is 5.32 Å². The largest absolute Gasteiger partial charge is 0.481 e. The summed E-state index contributed by atoms with van der Waals surface area (Å²) in [5, 5.41) is 8.81. The number of nitrogens with one attached hydrogen (secondary N) is 1. The highest BCUT2D eigenvalue weighted by atomic mass is 32.2. The van der Waals surface area contributed by atoms with Gasteiger partial charge in [0.25, 0.3) is 0 Å². The van der Waals surface area contributed by atoms with Gasteiger partial charge >= 0.3 is 5.97 Å². The van der Waals surface area contributed by atoms with Crippen molar-refractivity contribution < 1.29 is 23.1 Å². The van der Waals surface area contributed by atoms with Crippen LogP contribution in [0, 0.1) is 0 Å². The molecule has 0 saturated heterocycles. The van der Waals surface area contributed by atoms with E-state index in [9.17, 15) is 18.0 Å². The Morgan fingerprint density at radius 1 is 1.22 bits per heavy atom. The minimum absolute atomic E-state index is 0.504. The van der Waals surface area contributed by atoms with Crippen molar-refractivity contribution in [2.75, 3.05) is 0 Å². The fraction of sp³-hybridized carbons (Fsp3) is 0.818. The maximum Gasteiger partial charge on any atom is 0.304 e. The number of carboxylic acid groups (broad SMARTS) is 1. The van der Waals surface area contributed by atoms with Crippen molar-refractivity contribution in [3.63, 3.8) is 0 Å². The molecule has 0 heterocycles. The SMILES string of the molecule is CC(CC(=O)O)S(=O)(=O)C(C)C(=O)NC(C)(C)C. The number of carbonyl (C=O) groups excluding carboxylic acids is 1. The van der Waals surface area contributed by atoms with Crippen LogP contribution in [0.5, 0.6) is 0 Å². The van der Waals surface area contributed by atoms with E-state index in [-0.39, 0.29) is 0 Å². The maximum atomic E-state index is 12.0. The predicted molar refractivity (Wildman–Crippen MR) is 68.0 cm³/mol. The number of amides is 1. The van der Waals surface area contributed by atoms with Crippen LogP contribution >= 0.6 is 0 Å². The molecule has 0 fully saturated rings. The third-order valence-electron chi connectivity index (χ3n) is 2.38. The molecule has 2 atom stereocenters. The topological polar surface area (TPSA) is 101 Å². The van der Waals surface area contributed by atoms with Crippen molar-refractivity contribution in [2.45, 2.75) is 57.1 Å². The first-order chi connectivity index (χ1) is 7.88. The molecule has 2 unspecified atom stereocenters. The molecule has 0 aromatic rings. The molecule has 0 aromatic heterocycles. The van der Waals surface area contributed by atoms with Crippen molar-refractivity contribution in [2.24, 2.45) is 0 Å². The monoisotopic (exact) mass is 279 g/mol. The van der Waals surface area contributed by atoms with E-state index in [0.29, 0.717) is 0 Å². The van der Waals surface area contributed by atoms with E-state index >= 15 is 0 Å². The number of rotatable bonds is 5. The van der Waals surface area contributed by atoms with E-state index in [0.717, 1.165) is 0 Å². The van der Waals surface area contributed by atoms with Gasteiger partial charge in [-0.25, -0.2) is 8.42 Å². The van der Waals surface area contributed by atoms with Crippen LogP contribution in [0.3, 0.4) is 0 Å². The molecule has 0 aliphatic rings. The van der Waals surface area contributed by atoms with Gasteiger partial charge in [0.2, 0.25) is 5.91 Å². The first kappa shape index (κ1) is 16.9. The van der Waals surface area contributed by atoms with Gasteiger partial charge in [-0.15, -0.1) is 0 Å². The van der Waals surface area contributed by atoms with E-state index in [2.05, 4.69) is 5.32 Å². The molecule has 6 nitrogen and oxygen atoms in total. The van der Waals surface area contributed by atoms with Gasteiger partial charge in [0.05, 0.1) is 11.7 Å². The van der Waals surface area contributed by atoms with Gasteiger partial charge in [-0.3, -0.25) is 9.59 Å². The normalized spacial score (nSPS) is 15.8. The molecule has 0 aliphatic carbocycles. The second-order valence-electron chi connectivity index (χ2n) is 5.38. The lowest BCUT2D eigenvalue weighted by molar-refractivity contribution is -0.137. The molecular formula is C11H21NO5S. The Morgan fingerprint density at radius 2 is 1.67 bits per heavy atom. The molecule has 1 amide bonds. The summed E-state index contributed by atoms with van der Waals surface area (Å²) in [5.41, 5.74) is -0.531. The first-order valence-electron chi connectivity index (χ1n) is 5.64. The zero-order valence-corrected chi connectivity index (χ0v) is 12.2. The number of carbonyl (C=O) groups is 2. The van der Waals surface area contributed by atoms with E-state index in [1.165, 1.54) is 13.8 Å². The molecule has 0 rings (SSSR count). The summed E-state index contributed by atoms with van der Waals surface area (Å²) < 4.78 is 23.9. The number of carboxylic acids is 1. The van der Waals surface area contributed by atoms with Gasteiger partial charge < -0.3 is 10.4 Å². The second kappa shape index (κ2) is 5.69. The Morgan fingerprint density at radius 3 is 2.00 bits per heavy atom. The lowest BCUT2D eigenvalue weighted by Crippen LogP contribution is -2.48. The van der Waals surface area contributed by atoms with Crippen LogP contribution in [-0.4, -0.2) is 41.4 Å². The summed E-state index contributed by atoms with van der Waals surface area (Å²) in [5.74, 6) is -1.81. The second-order valence-corrected chi connectivity index (χ2v) is 8.07. The average Bonchev–Trinajstić information content (AvgIpc) is 2.12. The fourth-order valence-corrected chi connectivity index (χ4v) is 2.76. The molecule has 0 spiro atoms. The highest BCUT2D eigenvalue weighted by molar-refractivity contribution is 7.93. The lowest BCUT2D eigenvalue weighted by Gasteiger charge is -2.24. The van der Waals surface area contributed by atoms with E-state index < -0.39 is 44.2 Å². The molecular weight excluding hydrogens is 258 g/mol. The van der Waals surface area contributed by atoms with Crippen LogP contribution in [-0.2, 0) is 19.4 Å². The molecule has 2 N–H and O–H groups in total. The van der Waals surface area contributed by atoms with E-state index in [1.807, 2.05) is 0 Å². The quantitative estimate of drug-likeness (QED) is 0.766. The zero-order valence-electron chi connectivity index (χ0n) is 11.4. The minimum atomic E-state index is -3.80. The van der Waals surface area contributed by atoms with E-state index in [4.69, 9.17) is 5.11 Å². The fourth-order valence-electron chi connectivity index (χ4n) is 1.33. The van der Waals surface area contributed by atoms with E-state index in [1.54, 1.807) is 20.8 Å². The van der Waals surface area contributed by atoms with Gasteiger partial charge in [-0.2, -0.15) is 0 Å². The van der Waals surface area contributed by atoms with Gasteiger partial charge in [-0.05, 0) is 34.6 Å². The summed E-state index contributed by atoms with van der Waals surface area (Å²) >= 11 is 0. The molecule has 0 saturated carbocycles. The van der Waals surface area contributed by atoms with Crippen molar-refractivity contribution in [3.05, 3.63) is 0 Å². The Hall–Kier alpha value is -1.11. The summed E-state index contributed by atoms with van der Waals surface area (Å²) in [4.78, 5) is 22.3. The van der Waals surface area contributed by atoms with Gasteiger partial charge in [0.1, 0.15) is 5.25 Å². The highest BCUT2D eigenvalue weighted by Crippen LogP contribution is 2.14. The molecule has 0 aromatic carbocycles. The van der Waals surface area contributed by atoms with Gasteiger partial charge in [0, 0.05) is 5.54 Å². The Kier molecular flexibility index (Phi) is 5.34. The average molecular weight is 279 g/mol. The van der Waals surface area contributed by atoms with Crippen LogP contribution in [0.2, 0.25) is 0 Å². The summed E-state index contributed by atoms with van der Waals surface area (Å²) in [6, 6.07) is 0. The number of hydrogen-bond donors (Lipinski definition) is 2. The highest BCUT2D eigenvalue weighted by Gasteiger charge is 2.35. The van der Waals surface area contributed by atoms with Crippen molar-refractivity contribution >= 4 is 21.7 Å². The Balaban J connectivity index is 4.91. The number of hydrogen-bond acceptors (Lipinski definition) is 4.